The summed E-state index contributed by atoms with van der Waals surface area (Å²) in [6.07, 6.45) is 2.51. The third-order valence-electron chi connectivity index (χ3n) is 5.23. The van der Waals surface area contributed by atoms with Gasteiger partial charge in [-0.3, -0.25) is 15.0 Å². The van der Waals surface area contributed by atoms with Crippen LogP contribution in [-0.2, 0) is 9.53 Å². The van der Waals surface area contributed by atoms with Gasteiger partial charge in [-0.2, -0.15) is 0 Å². The Bertz CT molecular complexity index is 642. The molecule has 4 heterocycles. The molecule has 0 aromatic rings. The smallest absolute Gasteiger partial charge is 0.325 e. The number of guanidine groups is 1. The van der Waals surface area contributed by atoms with Gasteiger partial charge in [0.1, 0.15) is 0 Å². The first kappa shape index (κ1) is 16.3. The molecule has 4 rings (SSSR count). The van der Waals surface area contributed by atoms with Gasteiger partial charge in [0, 0.05) is 45.1 Å². The maximum absolute atomic E-state index is 12.3. The van der Waals surface area contributed by atoms with Crippen LogP contribution in [0.5, 0.6) is 0 Å². The van der Waals surface area contributed by atoms with Crippen molar-refractivity contribution in [1.29, 1.82) is 0 Å². The number of rotatable bonds is 4. The van der Waals surface area contributed by atoms with E-state index in [0.29, 0.717) is 0 Å². The van der Waals surface area contributed by atoms with Crippen molar-refractivity contribution in [2.45, 2.75) is 25.6 Å². The van der Waals surface area contributed by atoms with Gasteiger partial charge in [0.2, 0.25) is 5.96 Å². The summed E-state index contributed by atoms with van der Waals surface area (Å²) in [4.78, 5) is 36.7. The largest absolute Gasteiger partial charge is 0.379 e. The number of ether oxygens (including phenoxy) is 1. The van der Waals surface area contributed by atoms with Crippen molar-refractivity contribution >= 4 is 17.9 Å². The molecule has 3 amide bonds. The number of fused-ring (bicyclic) bond motifs is 3. The summed E-state index contributed by atoms with van der Waals surface area (Å²) in [5.41, 5.74) is 1.08. The van der Waals surface area contributed by atoms with Crippen molar-refractivity contribution in [3.05, 3.63) is 11.9 Å². The molecule has 0 aromatic heterocycles. The fourth-order valence-corrected chi connectivity index (χ4v) is 3.80. The number of morpholine rings is 1. The molecule has 9 nitrogen and oxygen atoms in total. The Hall–Kier alpha value is -2.13. The molecule has 2 atom stereocenters. The highest BCUT2D eigenvalue weighted by molar-refractivity contribution is 6.04. The fraction of sp³-hybridized carbons (Fsp3) is 0.688. The zero-order chi connectivity index (χ0) is 17.6. The number of hydrogen-bond donors (Lipinski definition) is 1. The van der Waals surface area contributed by atoms with E-state index in [9.17, 15) is 9.59 Å². The topological polar surface area (TPSA) is 80.7 Å². The summed E-state index contributed by atoms with van der Waals surface area (Å²) in [6, 6.07) is -0.867. The Morgan fingerprint density at radius 3 is 2.80 bits per heavy atom. The molecule has 2 unspecified atom stereocenters. The van der Waals surface area contributed by atoms with Crippen molar-refractivity contribution in [3.63, 3.8) is 0 Å². The minimum absolute atomic E-state index is 0.286. The molecule has 1 N–H and O–H groups in total. The molecular formula is C16H24N6O3. The number of aliphatic imine (C=N–C) groups is 1. The van der Waals surface area contributed by atoms with Crippen LogP contribution in [0.25, 0.3) is 0 Å². The second-order valence-corrected chi connectivity index (χ2v) is 6.83. The van der Waals surface area contributed by atoms with Gasteiger partial charge in [0.05, 0.1) is 13.2 Å². The second kappa shape index (κ2) is 6.30. The zero-order valence-corrected chi connectivity index (χ0v) is 14.6. The number of allylic oxidation sites excluding steroid dienone is 1. The van der Waals surface area contributed by atoms with Crippen molar-refractivity contribution in [3.8, 4) is 0 Å². The van der Waals surface area contributed by atoms with E-state index >= 15 is 0 Å². The molecule has 0 bridgehead atoms. The summed E-state index contributed by atoms with van der Waals surface area (Å²) in [6.45, 7) is 7.47. The van der Waals surface area contributed by atoms with Crippen molar-refractivity contribution < 1.29 is 14.3 Å². The first-order valence-corrected chi connectivity index (χ1v) is 8.76. The van der Waals surface area contributed by atoms with Crippen LogP contribution in [0, 0.1) is 0 Å². The van der Waals surface area contributed by atoms with Crippen LogP contribution in [0.4, 0.5) is 4.79 Å². The highest BCUT2D eigenvalue weighted by Gasteiger charge is 2.51. The van der Waals surface area contributed by atoms with Crippen molar-refractivity contribution in [1.82, 2.24) is 24.9 Å². The van der Waals surface area contributed by atoms with Crippen molar-refractivity contribution in [2.24, 2.45) is 4.99 Å². The van der Waals surface area contributed by atoms with Crippen LogP contribution in [0.2, 0.25) is 0 Å². The molecule has 9 heteroatoms. The van der Waals surface area contributed by atoms with E-state index < -0.39 is 18.2 Å². The van der Waals surface area contributed by atoms with Gasteiger partial charge in [-0.05, 0) is 13.3 Å². The highest BCUT2D eigenvalue weighted by atomic mass is 16.5. The van der Waals surface area contributed by atoms with Crippen LogP contribution >= 0.6 is 0 Å². The Kier molecular flexibility index (Phi) is 4.12. The van der Waals surface area contributed by atoms with Gasteiger partial charge >= 0.3 is 6.03 Å². The van der Waals surface area contributed by atoms with Crippen LogP contribution in [0.3, 0.4) is 0 Å². The number of nitrogens with one attached hydrogen (secondary N) is 1. The molecule has 0 spiro atoms. The third kappa shape index (κ3) is 2.77. The molecule has 0 aromatic carbocycles. The van der Waals surface area contributed by atoms with Gasteiger partial charge in [-0.15, -0.1) is 0 Å². The summed E-state index contributed by atoms with van der Waals surface area (Å²) < 4.78 is 5.38. The zero-order valence-electron chi connectivity index (χ0n) is 14.6. The summed E-state index contributed by atoms with van der Waals surface area (Å²) in [5.74, 6) is 0.484. The van der Waals surface area contributed by atoms with Gasteiger partial charge in [-0.1, -0.05) is 0 Å². The first-order valence-electron chi connectivity index (χ1n) is 8.76. The van der Waals surface area contributed by atoms with Crippen LogP contribution < -0.4 is 5.32 Å². The average molecular weight is 348 g/mol. The minimum Gasteiger partial charge on any atom is -0.379 e. The molecule has 2 saturated heterocycles. The van der Waals surface area contributed by atoms with Crippen LogP contribution in [0.15, 0.2) is 16.9 Å². The van der Waals surface area contributed by atoms with E-state index in [-0.39, 0.29) is 5.91 Å². The maximum Gasteiger partial charge on any atom is 0.325 e. The van der Waals surface area contributed by atoms with E-state index in [4.69, 9.17) is 4.74 Å². The number of imide groups is 1. The normalized spacial score (nSPS) is 29.4. The lowest BCUT2D eigenvalue weighted by molar-refractivity contribution is -0.126. The summed E-state index contributed by atoms with van der Waals surface area (Å²) >= 11 is 0. The Morgan fingerprint density at radius 1 is 1.28 bits per heavy atom. The Labute approximate surface area is 146 Å². The highest BCUT2D eigenvalue weighted by Crippen LogP contribution is 2.31. The molecule has 2 fully saturated rings. The lowest BCUT2D eigenvalue weighted by Gasteiger charge is -2.34. The monoisotopic (exact) mass is 348 g/mol. The molecule has 25 heavy (non-hydrogen) atoms. The van der Waals surface area contributed by atoms with E-state index in [2.05, 4.69) is 20.1 Å². The van der Waals surface area contributed by atoms with Gasteiger partial charge in [-0.25, -0.2) is 9.79 Å². The fourth-order valence-electron chi connectivity index (χ4n) is 3.80. The quantitative estimate of drug-likeness (QED) is 0.733. The Balaban J connectivity index is 1.43. The van der Waals surface area contributed by atoms with E-state index in [0.717, 1.165) is 57.5 Å². The third-order valence-corrected chi connectivity index (χ3v) is 5.23. The lowest BCUT2D eigenvalue weighted by Crippen LogP contribution is -2.62. The van der Waals surface area contributed by atoms with Gasteiger partial charge in [0.15, 0.2) is 12.2 Å². The molecule has 0 saturated carbocycles. The predicted molar refractivity (Wildman–Crippen MR) is 90.5 cm³/mol. The number of urea groups is 1. The number of likely N-dealkylation sites (N-methyl/N-ethyl adjacent to an activating group) is 1. The SMILES string of the molecule is CC1=CN2C(=NC3C2C(=O)NC(=O)N3C)N1CCCN1CCOCC1. The van der Waals surface area contributed by atoms with Crippen LogP contribution in [-0.4, -0.2) is 96.1 Å². The number of carbonyl (C=O) groups is 2. The second-order valence-electron chi connectivity index (χ2n) is 6.83. The van der Waals surface area contributed by atoms with E-state index in [1.165, 1.54) is 4.90 Å². The van der Waals surface area contributed by atoms with Gasteiger partial charge in [0.25, 0.3) is 5.91 Å². The molecule has 4 aliphatic heterocycles. The molecular weight excluding hydrogens is 324 g/mol. The molecule has 0 radical (unpaired) electrons. The average Bonchev–Trinajstić information content (AvgIpc) is 3.10. The summed E-state index contributed by atoms with van der Waals surface area (Å²) in [7, 11) is 1.67. The number of hydrogen-bond acceptors (Lipinski definition) is 7. The van der Waals surface area contributed by atoms with E-state index in [1.54, 1.807) is 7.05 Å². The first-order chi connectivity index (χ1) is 12.1. The van der Waals surface area contributed by atoms with Crippen molar-refractivity contribution in [2.75, 3.05) is 46.4 Å². The standard InChI is InChI=1S/C16H24N6O3/c1-11-10-22-12-13(19(2)16(24)18-14(12)23)17-15(22)21(11)5-3-4-20-6-8-25-9-7-20/h10,12-13H,3-9H2,1-2H3,(H,18,23,24). The number of amides is 3. The number of nitrogens with zero attached hydrogens (tertiary/aromatic N) is 5. The lowest BCUT2D eigenvalue weighted by atomic mass is 10.1. The molecule has 0 aliphatic carbocycles. The molecule has 136 valence electrons. The van der Waals surface area contributed by atoms with Crippen LogP contribution in [0.1, 0.15) is 13.3 Å². The minimum atomic E-state index is -0.475. The Morgan fingerprint density at radius 2 is 2.04 bits per heavy atom. The molecule has 4 aliphatic rings. The van der Waals surface area contributed by atoms with Gasteiger partial charge < -0.3 is 19.4 Å². The number of carbonyl (C=O) groups excluding carboxylic acids is 2. The maximum atomic E-state index is 12.3. The van der Waals surface area contributed by atoms with E-state index in [1.807, 2.05) is 18.0 Å². The predicted octanol–water partition coefficient (Wildman–Crippen LogP) is -0.566. The summed E-state index contributed by atoms with van der Waals surface area (Å²) in [5, 5.41) is 2.40.